The monoisotopic (exact) mass is 788 g/mol. The summed E-state index contributed by atoms with van der Waals surface area (Å²) in [4.78, 5) is 38.2. The number of thiocarbonyl (C=S) groups is 1. The highest BCUT2D eigenvalue weighted by Gasteiger charge is 2.34. The molecule has 1 aliphatic heterocycles. The molecule has 0 unspecified atom stereocenters. The van der Waals surface area contributed by atoms with Crippen molar-refractivity contribution in [2.75, 3.05) is 4.90 Å². The number of carbonyl (C=O) groups is 3. The van der Waals surface area contributed by atoms with Crippen molar-refractivity contribution in [1.29, 1.82) is 0 Å². The van der Waals surface area contributed by atoms with Gasteiger partial charge in [-0.05, 0) is 123 Å². The molecule has 3 aromatic carbocycles. The van der Waals surface area contributed by atoms with E-state index in [9.17, 15) is 14.4 Å². The molecule has 7 nitrogen and oxygen atoms in total. The van der Waals surface area contributed by atoms with E-state index in [1.165, 1.54) is 23.1 Å². The highest BCUT2D eigenvalue weighted by atomic mass is 127. The smallest absolute Gasteiger partial charge is 0.335 e. The van der Waals surface area contributed by atoms with Crippen molar-refractivity contribution in [3.05, 3.63) is 94.5 Å². The maximum Gasteiger partial charge on any atom is 0.335 e. The van der Waals surface area contributed by atoms with Gasteiger partial charge in [-0.3, -0.25) is 19.8 Å². The quantitative estimate of drug-likeness (QED) is 0.143. The summed E-state index contributed by atoms with van der Waals surface area (Å²) in [5, 5.41) is 11.6. The number of carbonyl (C=O) groups excluding carboxylic acids is 2. The number of hydrogen-bond acceptors (Lipinski definition) is 5. The number of carboxylic acids is 1. The molecule has 0 atom stereocenters. The van der Waals surface area contributed by atoms with E-state index < -0.39 is 17.8 Å². The van der Waals surface area contributed by atoms with Gasteiger partial charge in [0.05, 0.1) is 18.4 Å². The Bertz CT molecular complexity index is 1400. The van der Waals surface area contributed by atoms with Gasteiger partial charge in [0.1, 0.15) is 17.9 Å². The summed E-state index contributed by atoms with van der Waals surface area (Å²) in [5.41, 5.74) is 2.20. The Morgan fingerprint density at radius 1 is 1.06 bits per heavy atom. The number of carboxylic acid groups (broad SMARTS) is 1. The molecule has 2 amide bonds. The van der Waals surface area contributed by atoms with Gasteiger partial charge < -0.3 is 9.84 Å². The summed E-state index contributed by atoms with van der Waals surface area (Å²) in [5.74, 6) is -1.41. The zero-order valence-electron chi connectivity index (χ0n) is 18.1. The molecule has 0 radical (unpaired) electrons. The molecular weight excluding hydrogens is 774 g/mol. The number of rotatable bonds is 6. The summed E-state index contributed by atoms with van der Waals surface area (Å²) in [7, 11) is 0. The van der Waals surface area contributed by atoms with Crippen molar-refractivity contribution in [2.45, 2.75) is 6.61 Å². The second-order valence-electron chi connectivity index (χ2n) is 7.54. The summed E-state index contributed by atoms with van der Waals surface area (Å²) in [6.45, 7) is 0.257. The standard InChI is InChI=1S/C25H15BrI2N2O5S/c26-16-5-7-17(8-6-16)30-23(32)18(22(31)29-25(30)36)9-14-10-19(27)21(20(28)11-14)35-12-13-1-3-15(4-2-13)24(33)34/h1-11H,12H2,(H,33,34)(H,29,31,36)/b18-9+. The van der Waals surface area contributed by atoms with Gasteiger partial charge in [0.2, 0.25) is 0 Å². The van der Waals surface area contributed by atoms with Crippen molar-refractivity contribution >= 4 is 108 Å². The molecule has 3 aromatic rings. The lowest BCUT2D eigenvalue weighted by atomic mass is 10.1. The normalized spacial score (nSPS) is 14.7. The van der Waals surface area contributed by atoms with Gasteiger partial charge >= 0.3 is 5.97 Å². The summed E-state index contributed by atoms with van der Waals surface area (Å²) in [6.07, 6.45) is 1.53. The zero-order valence-corrected chi connectivity index (χ0v) is 24.8. The Morgan fingerprint density at radius 2 is 1.67 bits per heavy atom. The van der Waals surface area contributed by atoms with E-state index in [-0.39, 0.29) is 22.9 Å². The predicted molar refractivity (Wildman–Crippen MR) is 160 cm³/mol. The molecule has 4 rings (SSSR count). The number of halogens is 3. The van der Waals surface area contributed by atoms with E-state index in [2.05, 4.69) is 66.4 Å². The Kier molecular flexibility index (Phi) is 8.42. The number of ether oxygens (including phenoxy) is 1. The topological polar surface area (TPSA) is 95.9 Å². The largest absolute Gasteiger partial charge is 0.487 e. The Labute approximate surface area is 247 Å². The number of nitrogens with zero attached hydrogens (tertiary/aromatic N) is 1. The highest BCUT2D eigenvalue weighted by Crippen LogP contribution is 2.31. The molecule has 11 heteroatoms. The van der Waals surface area contributed by atoms with Gasteiger partial charge in [-0.15, -0.1) is 0 Å². The van der Waals surface area contributed by atoms with E-state index >= 15 is 0 Å². The molecule has 0 aliphatic carbocycles. The van der Waals surface area contributed by atoms with Crippen molar-refractivity contribution < 1.29 is 24.2 Å². The van der Waals surface area contributed by atoms with Crippen LogP contribution >= 0.6 is 73.3 Å². The molecule has 1 heterocycles. The molecule has 1 aliphatic rings. The molecule has 2 N–H and O–H groups in total. The van der Waals surface area contributed by atoms with E-state index in [1.807, 2.05) is 12.1 Å². The van der Waals surface area contributed by atoms with Crippen LogP contribution in [-0.4, -0.2) is 28.0 Å². The molecule has 0 spiro atoms. The summed E-state index contributed by atoms with van der Waals surface area (Å²) < 4.78 is 8.41. The molecule has 36 heavy (non-hydrogen) atoms. The first kappa shape index (κ1) is 26.7. The van der Waals surface area contributed by atoms with Crippen LogP contribution in [0.2, 0.25) is 0 Å². The lowest BCUT2D eigenvalue weighted by Crippen LogP contribution is -2.54. The van der Waals surface area contributed by atoms with Crippen molar-refractivity contribution in [2.24, 2.45) is 0 Å². The average Bonchev–Trinajstić information content (AvgIpc) is 2.82. The lowest BCUT2D eigenvalue weighted by Gasteiger charge is -2.29. The second kappa shape index (κ2) is 11.4. The van der Waals surface area contributed by atoms with Crippen LogP contribution in [0.15, 0.2) is 70.7 Å². The predicted octanol–water partition coefficient (Wildman–Crippen LogP) is 5.77. The first-order valence-corrected chi connectivity index (χ1v) is 13.6. The molecule has 0 aromatic heterocycles. The maximum atomic E-state index is 13.2. The minimum absolute atomic E-state index is 0.0220. The van der Waals surface area contributed by atoms with Gasteiger partial charge in [-0.25, -0.2) is 4.79 Å². The number of amides is 2. The molecule has 1 fully saturated rings. The number of nitrogens with one attached hydrogen (secondary N) is 1. The van der Waals surface area contributed by atoms with Crippen LogP contribution in [0.5, 0.6) is 5.75 Å². The molecule has 1 saturated heterocycles. The van der Waals surface area contributed by atoms with Gasteiger partial charge in [0.15, 0.2) is 5.11 Å². The van der Waals surface area contributed by atoms with Crippen LogP contribution in [0.1, 0.15) is 21.5 Å². The van der Waals surface area contributed by atoms with Crippen molar-refractivity contribution in [3.63, 3.8) is 0 Å². The average molecular weight is 789 g/mol. The third-order valence-electron chi connectivity index (χ3n) is 5.10. The van der Waals surface area contributed by atoms with E-state index in [0.29, 0.717) is 17.0 Å². The fraction of sp³-hybridized carbons (Fsp3) is 0.0400. The van der Waals surface area contributed by atoms with Crippen LogP contribution in [-0.2, 0) is 16.2 Å². The summed E-state index contributed by atoms with van der Waals surface area (Å²) in [6, 6.07) is 17.1. The maximum absolute atomic E-state index is 13.2. The minimum Gasteiger partial charge on any atom is -0.487 e. The first-order valence-electron chi connectivity index (χ1n) is 10.2. The van der Waals surface area contributed by atoms with Crippen LogP contribution in [0.25, 0.3) is 6.08 Å². The third-order valence-corrected chi connectivity index (χ3v) is 7.52. The van der Waals surface area contributed by atoms with Crippen molar-refractivity contribution in [3.8, 4) is 5.75 Å². The number of aromatic carboxylic acids is 1. The van der Waals surface area contributed by atoms with Crippen molar-refractivity contribution in [1.82, 2.24) is 5.32 Å². The van der Waals surface area contributed by atoms with E-state index in [1.54, 1.807) is 36.4 Å². The number of hydrogen-bond donors (Lipinski definition) is 2. The number of anilines is 1. The number of benzene rings is 3. The van der Waals surface area contributed by atoms with E-state index in [4.69, 9.17) is 22.1 Å². The highest BCUT2D eigenvalue weighted by molar-refractivity contribution is 14.1. The van der Waals surface area contributed by atoms with E-state index in [0.717, 1.165) is 17.2 Å². The third kappa shape index (κ3) is 5.95. The molecular formula is C25H15BrI2N2O5S. The van der Waals surface area contributed by atoms with Crippen LogP contribution in [0, 0.1) is 7.14 Å². The Hall–Kier alpha value is -2.36. The molecule has 182 valence electrons. The van der Waals surface area contributed by atoms with Gasteiger partial charge in [0, 0.05) is 4.47 Å². The van der Waals surface area contributed by atoms with Gasteiger partial charge in [0.25, 0.3) is 11.8 Å². The summed E-state index contributed by atoms with van der Waals surface area (Å²) >= 11 is 12.9. The molecule has 0 bridgehead atoms. The van der Waals surface area contributed by atoms with Crippen LogP contribution < -0.4 is 15.0 Å². The fourth-order valence-corrected chi connectivity index (χ4v) is 6.02. The van der Waals surface area contributed by atoms with Gasteiger partial charge in [-0.1, -0.05) is 28.1 Å². The Balaban J connectivity index is 1.57. The van der Waals surface area contributed by atoms with Crippen LogP contribution in [0.3, 0.4) is 0 Å². The first-order chi connectivity index (χ1) is 17.1. The lowest BCUT2D eigenvalue weighted by molar-refractivity contribution is -0.122. The zero-order chi connectivity index (χ0) is 26.0. The van der Waals surface area contributed by atoms with Crippen LogP contribution in [0.4, 0.5) is 5.69 Å². The molecule has 0 saturated carbocycles. The SMILES string of the molecule is O=C1NC(=S)N(c2ccc(Br)cc2)C(=O)/C1=C/c1cc(I)c(OCc2ccc(C(=O)O)cc2)c(I)c1. The fourth-order valence-electron chi connectivity index (χ4n) is 3.35. The second-order valence-corrected chi connectivity index (χ2v) is 11.2. The van der Waals surface area contributed by atoms with Gasteiger partial charge in [-0.2, -0.15) is 0 Å². The Morgan fingerprint density at radius 3 is 2.25 bits per heavy atom. The minimum atomic E-state index is -0.983.